The monoisotopic (exact) mass is 325 g/mol. The Morgan fingerprint density at radius 2 is 1.63 bits per heavy atom. The van der Waals surface area contributed by atoms with Crippen molar-refractivity contribution in [3.8, 4) is 0 Å². The number of rotatable bonds is 3. The van der Waals surface area contributed by atoms with Gasteiger partial charge < -0.3 is 4.90 Å². The molecule has 4 heteroatoms. The van der Waals surface area contributed by atoms with Crippen LogP contribution in [0.25, 0.3) is 0 Å². The minimum atomic E-state index is -0.170. The lowest BCUT2D eigenvalue weighted by molar-refractivity contribution is -0.115. The number of allylic oxidation sites excluding steroid dienone is 1. The Balaban J connectivity index is 0.00000154. The molecule has 0 N–H and O–H groups in total. The third kappa shape index (κ3) is 4.99. The van der Waals surface area contributed by atoms with E-state index in [9.17, 15) is 9.59 Å². The van der Waals surface area contributed by atoms with Crippen molar-refractivity contribution in [3.63, 3.8) is 0 Å². The Hall–Kier alpha value is -1.42. The summed E-state index contributed by atoms with van der Waals surface area (Å²) >= 11 is 3.34. The smallest absolute Gasteiger partial charge is 0.254 e. The highest BCUT2D eigenvalue weighted by Crippen LogP contribution is 2.19. The Labute approximate surface area is 123 Å². The fraction of sp³-hybridized carbons (Fsp3) is 0.333. The number of likely N-dealkylation sites (N-methyl/N-ethyl adjacent to an activating group) is 1. The van der Waals surface area contributed by atoms with Crippen LogP contribution in [0.1, 0.15) is 27.7 Å². The van der Waals surface area contributed by atoms with Crippen LogP contribution in [0.2, 0.25) is 0 Å². The van der Waals surface area contributed by atoms with E-state index in [0.29, 0.717) is 17.4 Å². The maximum atomic E-state index is 12.0. The third-order valence-corrected chi connectivity index (χ3v) is 3.14. The maximum Gasteiger partial charge on any atom is 0.254 e. The Morgan fingerprint density at radius 1 is 1.16 bits per heavy atom. The summed E-state index contributed by atoms with van der Waals surface area (Å²) in [5, 5.41) is 0. The summed E-state index contributed by atoms with van der Waals surface area (Å²) in [6, 6.07) is 7.41. The van der Waals surface area contributed by atoms with Gasteiger partial charge in [0.15, 0.2) is 0 Å². The summed E-state index contributed by atoms with van der Waals surface area (Å²) in [5.74, 6) is -0.170. The fourth-order valence-corrected chi connectivity index (χ4v) is 1.55. The van der Waals surface area contributed by atoms with Crippen LogP contribution in [0.4, 0.5) is 5.69 Å². The van der Waals surface area contributed by atoms with Crippen molar-refractivity contribution in [1.29, 1.82) is 0 Å². The van der Waals surface area contributed by atoms with Crippen LogP contribution in [-0.2, 0) is 9.59 Å². The second-order valence-electron chi connectivity index (χ2n) is 3.77. The van der Waals surface area contributed by atoms with Gasteiger partial charge >= 0.3 is 0 Å². The SMILES string of the molecule is C/C(C=O)=C(\C)C(=O)N(C)c1ccc(Br)cc1.CC. The van der Waals surface area contributed by atoms with Crippen molar-refractivity contribution >= 4 is 33.8 Å². The molecule has 0 spiro atoms. The van der Waals surface area contributed by atoms with Crippen molar-refractivity contribution in [1.82, 2.24) is 0 Å². The molecule has 0 saturated carbocycles. The minimum Gasteiger partial charge on any atom is -0.312 e. The van der Waals surface area contributed by atoms with Gasteiger partial charge in [-0.2, -0.15) is 0 Å². The molecule has 3 nitrogen and oxygen atoms in total. The number of halogens is 1. The van der Waals surface area contributed by atoms with Gasteiger partial charge in [0.1, 0.15) is 6.29 Å². The van der Waals surface area contributed by atoms with Gasteiger partial charge in [0.2, 0.25) is 0 Å². The van der Waals surface area contributed by atoms with Crippen LogP contribution in [0.3, 0.4) is 0 Å². The van der Waals surface area contributed by atoms with Crippen molar-refractivity contribution in [2.24, 2.45) is 0 Å². The van der Waals surface area contributed by atoms with Crippen LogP contribution in [0, 0.1) is 0 Å². The predicted octanol–water partition coefficient (Wildman–Crippen LogP) is 3.97. The fourth-order valence-electron chi connectivity index (χ4n) is 1.29. The summed E-state index contributed by atoms with van der Waals surface area (Å²) in [7, 11) is 1.69. The Kier molecular flexibility index (Phi) is 8.00. The van der Waals surface area contributed by atoms with Crippen LogP contribution in [-0.4, -0.2) is 19.2 Å². The van der Waals surface area contributed by atoms with Gasteiger partial charge in [0, 0.05) is 22.8 Å². The molecule has 0 fully saturated rings. The highest BCUT2D eigenvalue weighted by atomic mass is 79.9. The molecule has 0 heterocycles. The van der Waals surface area contributed by atoms with Gasteiger partial charge in [-0.1, -0.05) is 29.8 Å². The summed E-state index contributed by atoms with van der Waals surface area (Å²) in [6.45, 7) is 7.29. The largest absolute Gasteiger partial charge is 0.312 e. The zero-order chi connectivity index (χ0) is 15.0. The first-order valence-corrected chi connectivity index (χ1v) is 6.93. The zero-order valence-electron chi connectivity index (χ0n) is 12.0. The molecule has 104 valence electrons. The summed E-state index contributed by atoms with van der Waals surface area (Å²) < 4.78 is 0.957. The van der Waals surface area contributed by atoms with E-state index >= 15 is 0 Å². The molecule has 0 unspecified atom stereocenters. The lowest BCUT2D eigenvalue weighted by Crippen LogP contribution is -2.27. The molecule has 0 bridgehead atoms. The maximum absolute atomic E-state index is 12.0. The number of anilines is 1. The van der Waals surface area contributed by atoms with E-state index in [2.05, 4.69) is 15.9 Å². The van der Waals surface area contributed by atoms with E-state index in [1.807, 2.05) is 38.1 Å². The van der Waals surface area contributed by atoms with E-state index in [0.717, 1.165) is 10.2 Å². The zero-order valence-corrected chi connectivity index (χ0v) is 13.6. The van der Waals surface area contributed by atoms with E-state index in [1.54, 1.807) is 20.9 Å². The van der Waals surface area contributed by atoms with Gasteiger partial charge in [0.25, 0.3) is 5.91 Å². The van der Waals surface area contributed by atoms with E-state index in [4.69, 9.17) is 0 Å². The summed E-state index contributed by atoms with van der Waals surface area (Å²) in [6.07, 6.45) is 0.697. The second kappa shape index (κ2) is 8.64. The molecular formula is C15H20BrNO2. The average molecular weight is 326 g/mol. The van der Waals surface area contributed by atoms with Gasteiger partial charge in [-0.05, 0) is 43.7 Å². The molecule has 1 aromatic carbocycles. The molecule has 0 aliphatic heterocycles. The molecular weight excluding hydrogens is 306 g/mol. The molecule has 0 radical (unpaired) electrons. The second-order valence-corrected chi connectivity index (χ2v) is 4.68. The molecule has 0 saturated heterocycles. The first-order valence-electron chi connectivity index (χ1n) is 6.13. The first-order chi connectivity index (χ1) is 8.97. The van der Waals surface area contributed by atoms with Crippen molar-refractivity contribution in [3.05, 3.63) is 39.9 Å². The number of amides is 1. The number of hydrogen-bond acceptors (Lipinski definition) is 2. The molecule has 0 aromatic heterocycles. The first kappa shape index (κ1) is 17.6. The number of hydrogen-bond donors (Lipinski definition) is 0. The molecule has 1 amide bonds. The molecule has 0 aliphatic carbocycles. The number of benzene rings is 1. The van der Waals surface area contributed by atoms with E-state index in [-0.39, 0.29) is 5.91 Å². The lowest BCUT2D eigenvalue weighted by atomic mass is 10.1. The lowest BCUT2D eigenvalue weighted by Gasteiger charge is -2.18. The number of nitrogens with zero attached hydrogens (tertiary/aromatic N) is 1. The standard InChI is InChI=1S/C13H14BrNO2.C2H6/c1-9(8-16)10(2)13(17)15(3)12-6-4-11(14)5-7-12;1-2/h4-8H,1-3H3;1-2H3/b10-9-;. The predicted molar refractivity (Wildman–Crippen MR) is 83.3 cm³/mol. The van der Waals surface area contributed by atoms with Gasteiger partial charge in [-0.15, -0.1) is 0 Å². The molecule has 0 aliphatic rings. The molecule has 1 rings (SSSR count). The third-order valence-electron chi connectivity index (χ3n) is 2.61. The van der Waals surface area contributed by atoms with Gasteiger partial charge in [0.05, 0.1) is 0 Å². The normalized spacial score (nSPS) is 10.8. The van der Waals surface area contributed by atoms with Crippen LogP contribution in [0.5, 0.6) is 0 Å². The summed E-state index contributed by atoms with van der Waals surface area (Å²) in [4.78, 5) is 24.2. The Morgan fingerprint density at radius 3 is 2.05 bits per heavy atom. The number of aldehydes is 1. The molecule has 1 aromatic rings. The van der Waals surface area contributed by atoms with Crippen molar-refractivity contribution in [2.45, 2.75) is 27.7 Å². The Bertz CT molecular complexity index is 464. The highest BCUT2D eigenvalue weighted by Gasteiger charge is 2.14. The van der Waals surface area contributed by atoms with Crippen molar-refractivity contribution in [2.75, 3.05) is 11.9 Å². The van der Waals surface area contributed by atoms with Gasteiger partial charge in [-0.3, -0.25) is 9.59 Å². The molecule has 0 atom stereocenters. The average Bonchev–Trinajstić information content (AvgIpc) is 2.47. The van der Waals surface area contributed by atoms with Crippen molar-refractivity contribution < 1.29 is 9.59 Å². The number of carbonyl (C=O) groups excluding carboxylic acids is 2. The number of carbonyl (C=O) groups is 2. The van der Waals surface area contributed by atoms with E-state index < -0.39 is 0 Å². The van der Waals surface area contributed by atoms with Gasteiger partial charge in [-0.25, -0.2) is 0 Å². The van der Waals surface area contributed by atoms with Crippen LogP contribution >= 0.6 is 15.9 Å². The minimum absolute atomic E-state index is 0.170. The summed E-state index contributed by atoms with van der Waals surface area (Å²) in [5.41, 5.74) is 1.71. The van der Waals surface area contributed by atoms with Crippen LogP contribution < -0.4 is 4.90 Å². The topological polar surface area (TPSA) is 37.4 Å². The van der Waals surface area contributed by atoms with E-state index in [1.165, 1.54) is 4.90 Å². The van der Waals surface area contributed by atoms with Crippen LogP contribution in [0.15, 0.2) is 39.9 Å². The highest BCUT2D eigenvalue weighted by molar-refractivity contribution is 9.10. The quantitative estimate of drug-likeness (QED) is 0.622. The molecule has 19 heavy (non-hydrogen) atoms.